The highest BCUT2D eigenvalue weighted by molar-refractivity contribution is 5.03. The smallest absolute Gasteiger partial charge is 0.111 e. The second-order valence-electron chi connectivity index (χ2n) is 2.92. The molecule has 0 aliphatic heterocycles. The van der Waals surface area contributed by atoms with Crippen LogP contribution in [0, 0.1) is 0 Å². The molecule has 0 amide bonds. The summed E-state index contributed by atoms with van der Waals surface area (Å²) in [4.78, 5) is 4.03. The molecule has 0 saturated heterocycles. The van der Waals surface area contributed by atoms with E-state index in [1.165, 1.54) is 0 Å². The Labute approximate surface area is 83.5 Å². The molecule has 0 bridgehead atoms. The van der Waals surface area contributed by atoms with Crippen molar-refractivity contribution in [2.45, 2.75) is 19.6 Å². The number of hydrogen-bond acceptors (Lipinski definition) is 4. The molecule has 1 aromatic rings. The van der Waals surface area contributed by atoms with Gasteiger partial charge < -0.3 is 20.1 Å². The molecule has 1 heterocycles. The van der Waals surface area contributed by atoms with Gasteiger partial charge >= 0.3 is 0 Å². The summed E-state index contributed by atoms with van der Waals surface area (Å²) in [6.45, 7) is 3.58. The van der Waals surface area contributed by atoms with Gasteiger partial charge in [-0.3, -0.25) is 0 Å². The average Bonchev–Trinajstić information content (AvgIpc) is 2.67. The second kappa shape index (κ2) is 5.74. The van der Waals surface area contributed by atoms with Crippen LogP contribution in [0.4, 0.5) is 0 Å². The van der Waals surface area contributed by atoms with E-state index in [-0.39, 0.29) is 12.7 Å². The van der Waals surface area contributed by atoms with E-state index in [0.29, 0.717) is 13.2 Å². The van der Waals surface area contributed by atoms with Gasteiger partial charge in [-0.2, -0.15) is 0 Å². The zero-order chi connectivity index (χ0) is 10.4. The van der Waals surface area contributed by atoms with Crippen LogP contribution in [0.2, 0.25) is 0 Å². The van der Waals surface area contributed by atoms with Gasteiger partial charge in [0.25, 0.3) is 0 Å². The maximum absolute atomic E-state index is 8.65. The third kappa shape index (κ3) is 2.54. The SMILES string of the molecule is CCn1cncc1C(CN)OCCO. The topological polar surface area (TPSA) is 73.3 Å². The van der Waals surface area contributed by atoms with E-state index in [9.17, 15) is 0 Å². The third-order valence-corrected chi connectivity index (χ3v) is 2.04. The van der Waals surface area contributed by atoms with Crippen molar-refractivity contribution >= 4 is 0 Å². The van der Waals surface area contributed by atoms with Crippen molar-refractivity contribution < 1.29 is 9.84 Å². The number of ether oxygens (including phenoxy) is 1. The van der Waals surface area contributed by atoms with Gasteiger partial charge in [0.15, 0.2) is 0 Å². The zero-order valence-corrected chi connectivity index (χ0v) is 8.39. The molecule has 0 aromatic carbocycles. The fourth-order valence-electron chi connectivity index (χ4n) is 1.33. The normalized spacial score (nSPS) is 13.1. The molecule has 1 atom stereocenters. The monoisotopic (exact) mass is 199 g/mol. The molecule has 1 unspecified atom stereocenters. The van der Waals surface area contributed by atoms with Gasteiger partial charge in [-0.15, -0.1) is 0 Å². The summed E-state index contributed by atoms with van der Waals surface area (Å²) in [6.07, 6.45) is 3.32. The summed E-state index contributed by atoms with van der Waals surface area (Å²) in [5.41, 5.74) is 6.54. The molecule has 1 rings (SSSR count). The van der Waals surface area contributed by atoms with E-state index in [1.54, 1.807) is 12.5 Å². The molecule has 0 spiro atoms. The van der Waals surface area contributed by atoms with E-state index in [2.05, 4.69) is 4.98 Å². The van der Waals surface area contributed by atoms with Crippen LogP contribution in [0.25, 0.3) is 0 Å². The minimum Gasteiger partial charge on any atom is -0.394 e. The Morgan fingerprint density at radius 1 is 1.71 bits per heavy atom. The Bertz CT molecular complexity index is 262. The minimum absolute atomic E-state index is 0.0107. The van der Waals surface area contributed by atoms with E-state index in [1.807, 2.05) is 11.5 Å². The van der Waals surface area contributed by atoms with Crippen molar-refractivity contribution in [3.05, 3.63) is 18.2 Å². The summed E-state index contributed by atoms with van der Waals surface area (Å²) < 4.78 is 7.37. The van der Waals surface area contributed by atoms with Crippen LogP contribution < -0.4 is 5.73 Å². The van der Waals surface area contributed by atoms with Gasteiger partial charge in [-0.05, 0) is 6.92 Å². The molecule has 0 saturated carbocycles. The van der Waals surface area contributed by atoms with Gasteiger partial charge in [0, 0.05) is 13.1 Å². The Morgan fingerprint density at radius 3 is 3.07 bits per heavy atom. The van der Waals surface area contributed by atoms with Gasteiger partial charge in [-0.25, -0.2) is 4.98 Å². The lowest BCUT2D eigenvalue weighted by Crippen LogP contribution is -2.20. The number of aryl methyl sites for hydroxylation is 1. The first-order valence-corrected chi connectivity index (χ1v) is 4.76. The van der Waals surface area contributed by atoms with Crippen LogP contribution in [0.15, 0.2) is 12.5 Å². The number of nitrogens with two attached hydrogens (primary N) is 1. The largest absolute Gasteiger partial charge is 0.394 e. The lowest BCUT2D eigenvalue weighted by molar-refractivity contribution is 0.0287. The van der Waals surface area contributed by atoms with E-state index >= 15 is 0 Å². The number of rotatable bonds is 6. The first kappa shape index (κ1) is 11.2. The summed E-state index contributed by atoms with van der Waals surface area (Å²) in [6, 6.07) is 0. The van der Waals surface area contributed by atoms with Crippen LogP contribution in [-0.2, 0) is 11.3 Å². The summed E-state index contributed by atoms with van der Waals surface area (Å²) in [7, 11) is 0. The molecular formula is C9H17N3O2. The van der Waals surface area contributed by atoms with Gasteiger partial charge in [0.1, 0.15) is 6.10 Å². The third-order valence-electron chi connectivity index (χ3n) is 2.04. The van der Waals surface area contributed by atoms with E-state index in [4.69, 9.17) is 15.6 Å². The van der Waals surface area contributed by atoms with Crippen molar-refractivity contribution in [3.63, 3.8) is 0 Å². The number of imidazole rings is 1. The number of aliphatic hydroxyl groups excluding tert-OH is 1. The minimum atomic E-state index is -0.176. The predicted octanol–water partition coefficient (Wildman–Crippen LogP) is -0.0883. The molecule has 1 aromatic heterocycles. The van der Waals surface area contributed by atoms with Crippen molar-refractivity contribution in [2.75, 3.05) is 19.8 Å². The highest BCUT2D eigenvalue weighted by Crippen LogP contribution is 2.15. The van der Waals surface area contributed by atoms with Gasteiger partial charge in [0.2, 0.25) is 0 Å². The average molecular weight is 199 g/mol. The number of hydrogen-bond donors (Lipinski definition) is 2. The zero-order valence-electron chi connectivity index (χ0n) is 8.39. The van der Waals surface area contributed by atoms with Crippen molar-refractivity contribution in [2.24, 2.45) is 5.73 Å². The Balaban J connectivity index is 2.67. The number of aliphatic hydroxyl groups is 1. The lowest BCUT2D eigenvalue weighted by atomic mass is 10.2. The molecule has 80 valence electrons. The summed E-state index contributed by atoms with van der Waals surface area (Å²) >= 11 is 0. The summed E-state index contributed by atoms with van der Waals surface area (Å²) in [5, 5.41) is 8.65. The molecule has 5 nitrogen and oxygen atoms in total. The second-order valence-corrected chi connectivity index (χ2v) is 2.92. The quantitative estimate of drug-likeness (QED) is 0.671. The summed E-state index contributed by atoms with van der Waals surface area (Å²) in [5.74, 6) is 0. The number of nitrogens with zero attached hydrogens (tertiary/aromatic N) is 2. The number of aromatic nitrogens is 2. The highest BCUT2D eigenvalue weighted by atomic mass is 16.5. The van der Waals surface area contributed by atoms with Gasteiger partial charge in [-0.1, -0.05) is 0 Å². The van der Waals surface area contributed by atoms with Crippen molar-refractivity contribution in [1.29, 1.82) is 0 Å². The molecule has 0 aliphatic rings. The molecule has 0 fully saturated rings. The highest BCUT2D eigenvalue weighted by Gasteiger charge is 2.13. The van der Waals surface area contributed by atoms with Crippen molar-refractivity contribution in [1.82, 2.24) is 9.55 Å². The fourth-order valence-corrected chi connectivity index (χ4v) is 1.33. The Hall–Kier alpha value is -0.910. The predicted molar refractivity (Wildman–Crippen MR) is 52.7 cm³/mol. The van der Waals surface area contributed by atoms with Crippen LogP contribution >= 0.6 is 0 Å². The van der Waals surface area contributed by atoms with E-state index in [0.717, 1.165) is 12.2 Å². The standard InChI is InChI=1S/C9H17N3O2/c1-2-12-7-11-6-8(12)9(5-10)14-4-3-13/h6-7,9,13H,2-5,10H2,1H3. The van der Waals surface area contributed by atoms with Crippen molar-refractivity contribution in [3.8, 4) is 0 Å². The maximum Gasteiger partial charge on any atom is 0.111 e. The maximum atomic E-state index is 8.65. The molecule has 0 aliphatic carbocycles. The molecule has 0 radical (unpaired) electrons. The lowest BCUT2D eigenvalue weighted by Gasteiger charge is -2.16. The fraction of sp³-hybridized carbons (Fsp3) is 0.667. The molecule has 14 heavy (non-hydrogen) atoms. The Kier molecular flexibility index (Phi) is 4.58. The van der Waals surface area contributed by atoms with Crippen LogP contribution in [0.1, 0.15) is 18.7 Å². The van der Waals surface area contributed by atoms with Crippen LogP contribution in [0.3, 0.4) is 0 Å². The Morgan fingerprint density at radius 2 is 2.50 bits per heavy atom. The molecular weight excluding hydrogens is 182 g/mol. The molecule has 5 heteroatoms. The van der Waals surface area contributed by atoms with Crippen LogP contribution in [-0.4, -0.2) is 34.4 Å². The molecule has 3 N–H and O–H groups in total. The van der Waals surface area contributed by atoms with E-state index < -0.39 is 0 Å². The van der Waals surface area contributed by atoms with Gasteiger partial charge in [0.05, 0.1) is 31.4 Å². The first-order valence-electron chi connectivity index (χ1n) is 4.76. The first-order chi connectivity index (χ1) is 6.83. The van der Waals surface area contributed by atoms with Crippen LogP contribution in [0.5, 0.6) is 0 Å².